The maximum absolute atomic E-state index is 10.8. The Hall–Kier alpha value is -0.870. The average molecular weight is 188 g/mol. The molecule has 0 aromatic rings. The lowest BCUT2D eigenvalue weighted by atomic mass is 10.4. The summed E-state index contributed by atoms with van der Waals surface area (Å²) in [6.45, 7) is 6.17. The summed E-state index contributed by atoms with van der Waals surface area (Å²) in [4.78, 5) is 20.0. The first-order valence-electron chi connectivity index (χ1n) is 4.13. The summed E-state index contributed by atoms with van der Waals surface area (Å²) in [7, 11) is 6.10. The fraction of sp³-hybridized carbons (Fsp3) is 0.667. The molecule has 4 nitrogen and oxygen atoms in total. The number of hydrogen-bond acceptors (Lipinski definition) is 3. The van der Waals surface area contributed by atoms with E-state index in [1.165, 1.54) is 0 Å². The highest BCUT2D eigenvalue weighted by molar-refractivity contribution is 5.86. The summed E-state index contributed by atoms with van der Waals surface area (Å²) in [5.41, 5.74) is 0.338. The predicted molar refractivity (Wildman–Crippen MR) is 49.8 cm³/mol. The van der Waals surface area contributed by atoms with Crippen molar-refractivity contribution in [3.8, 4) is 0 Å². The molecule has 0 bridgehead atoms. The number of likely N-dealkylation sites (N-methyl/N-ethyl adjacent to an activating group) is 1. The number of carbonyl (C=O) groups is 1. The van der Waals surface area contributed by atoms with E-state index in [2.05, 4.69) is 11.5 Å². The Kier molecular flexibility index (Phi) is 4.66. The zero-order valence-electron chi connectivity index (χ0n) is 8.79. The Labute approximate surface area is 79.3 Å². The summed E-state index contributed by atoms with van der Waals surface area (Å²) >= 11 is 0. The predicted octanol–water partition coefficient (Wildman–Crippen LogP) is 0.744. The molecule has 0 unspecified atom stereocenters. The van der Waals surface area contributed by atoms with Crippen molar-refractivity contribution in [3.05, 3.63) is 12.2 Å². The molecule has 0 aliphatic heterocycles. The molecule has 76 valence electrons. The van der Waals surface area contributed by atoms with Crippen LogP contribution in [0.25, 0.3) is 0 Å². The maximum atomic E-state index is 10.8. The van der Waals surface area contributed by atoms with Crippen LogP contribution in [0.1, 0.15) is 6.92 Å². The van der Waals surface area contributed by atoms with Gasteiger partial charge in [-0.2, -0.15) is 4.89 Å². The number of quaternary nitrogens is 1. The first-order valence-corrected chi connectivity index (χ1v) is 4.13. The van der Waals surface area contributed by atoms with Crippen LogP contribution in [-0.4, -0.2) is 44.7 Å². The molecule has 0 aliphatic rings. The lowest BCUT2D eigenvalue weighted by molar-refractivity contribution is -0.871. The fourth-order valence-corrected chi connectivity index (χ4v) is 0.477. The molecule has 0 aromatic carbocycles. The van der Waals surface area contributed by atoms with Crippen LogP contribution in [0.2, 0.25) is 0 Å². The minimum absolute atomic E-state index is 0.338. The molecule has 0 spiro atoms. The Morgan fingerprint density at radius 3 is 2.31 bits per heavy atom. The topological polar surface area (TPSA) is 35.5 Å². The molecule has 0 saturated heterocycles. The van der Waals surface area contributed by atoms with Gasteiger partial charge in [0.15, 0.2) is 0 Å². The highest BCUT2D eigenvalue weighted by Gasteiger charge is 2.08. The maximum Gasteiger partial charge on any atom is 0.368 e. The summed E-state index contributed by atoms with van der Waals surface area (Å²) in [5.74, 6) is -0.513. The van der Waals surface area contributed by atoms with Crippen molar-refractivity contribution in [3.63, 3.8) is 0 Å². The molecule has 0 atom stereocenters. The molecular weight excluding hydrogens is 170 g/mol. The molecule has 0 N–H and O–H groups in total. The third-order valence-electron chi connectivity index (χ3n) is 1.33. The second kappa shape index (κ2) is 4.99. The minimum atomic E-state index is -0.513. The lowest BCUT2D eigenvalue weighted by Gasteiger charge is -2.22. The smallest absolute Gasteiger partial charge is 0.329 e. The van der Waals surface area contributed by atoms with Gasteiger partial charge in [-0.05, 0) is 6.92 Å². The largest absolute Gasteiger partial charge is 0.368 e. The average Bonchev–Trinajstić information content (AvgIpc) is 1.95. The Bertz CT molecular complexity index is 194. The zero-order chi connectivity index (χ0) is 10.5. The van der Waals surface area contributed by atoms with Gasteiger partial charge in [-0.3, -0.25) is 4.89 Å². The van der Waals surface area contributed by atoms with E-state index in [9.17, 15) is 4.79 Å². The van der Waals surface area contributed by atoms with Crippen molar-refractivity contribution in [1.82, 2.24) is 0 Å². The number of nitrogens with zero attached hydrogens (tertiary/aromatic N) is 1. The molecule has 0 amide bonds. The normalized spacial score (nSPS) is 11.1. The van der Waals surface area contributed by atoms with E-state index in [1.54, 1.807) is 6.92 Å². The third kappa shape index (κ3) is 7.49. The summed E-state index contributed by atoms with van der Waals surface area (Å²) < 4.78 is 0.768. The number of hydrogen-bond donors (Lipinski definition) is 0. The highest BCUT2D eigenvalue weighted by atomic mass is 17.2. The molecule has 0 aliphatic carbocycles. The number of carbonyl (C=O) groups excluding carboxylic acids is 1. The fourth-order valence-electron chi connectivity index (χ4n) is 0.477. The SMILES string of the molecule is C=C(C)C(=O)OOCC[N+](C)(C)C. The van der Waals surface area contributed by atoms with E-state index in [-0.39, 0.29) is 0 Å². The Morgan fingerprint density at radius 1 is 1.38 bits per heavy atom. The standard InChI is InChI=1S/C9H18NO3/c1-8(2)9(11)13-12-7-6-10(3,4)5/h1,6-7H2,2-5H3/q+1. The molecule has 0 radical (unpaired) electrons. The van der Waals surface area contributed by atoms with E-state index >= 15 is 0 Å². The van der Waals surface area contributed by atoms with Crippen molar-refractivity contribution in [1.29, 1.82) is 0 Å². The summed E-state index contributed by atoms with van der Waals surface area (Å²) in [5, 5.41) is 0. The second-order valence-corrected chi connectivity index (χ2v) is 3.99. The quantitative estimate of drug-likeness (QED) is 0.210. The first kappa shape index (κ1) is 12.1. The minimum Gasteiger partial charge on any atom is -0.329 e. The van der Waals surface area contributed by atoms with Gasteiger partial charge in [0, 0.05) is 5.57 Å². The van der Waals surface area contributed by atoms with Crippen molar-refractivity contribution < 1.29 is 19.1 Å². The van der Waals surface area contributed by atoms with Crippen LogP contribution in [0.4, 0.5) is 0 Å². The lowest BCUT2D eigenvalue weighted by Crippen LogP contribution is -2.37. The van der Waals surface area contributed by atoms with Gasteiger partial charge in [0.25, 0.3) is 0 Å². The summed E-state index contributed by atoms with van der Waals surface area (Å²) in [6, 6.07) is 0. The van der Waals surface area contributed by atoms with E-state index in [0.29, 0.717) is 12.2 Å². The van der Waals surface area contributed by atoms with Crippen LogP contribution in [-0.2, 0) is 14.6 Å². The van der Waals surface area contributed by atoms with Gasteiger partial charge < -0.3 is 4.48 Å². The monoisotopic (exact) mass is 188 g/mol. The molecule has 13 heavy (non-hydrogen) atoms. The second-order valence-electron chi connectivity index (χ2n) is 3.99. The molecular formula is C9H18NO3+. The number of rotatable bonds is 5. The van der Waals surface area contributed by atoms with Crippen LogP contribution >= 0.6 is 0 Å². The van der Waals surface area contributed by atoms with Crippen molar-refractivity contribution in [2.24, 2.45) is 0 Å². The molecule has 0 heterocycles. The van der Waals surface area contributed by atoms with Crippen LogP contribution in [0.5, 0.6) is 0 Å². The molecule has 0 rings (SSSR count). The van der Waals surface area contributed by atoms with Crippen molar-refractivity contribution in [2.75, 3.05) is 34.3 Å². The van der Waals surface area contributed by atoms with Crippen LogP contribution in [0, 0.1) is 0 Å². The first-order chi connectivity index (χ1) is 5.83. The van der Waals surface area contributed by atoms with Crippen LogP contribution in [0.15, 0.2) is 12.2 Å². The van der Waals surface area contributed by atoms with Gasteiger partial charge in [-0.1, -0.05) is 6.58 Å². The molecule has 0 fully saturated rings. The van der Waals surface area contributed by atoms with Gasteiger partial charge in [-0.15, -0.1) is 0 Å². The Balaban J connectivity index is 3.47. The highest BCUT2D eigenvalue weighted by Crippen LogP contribution is 1.94. The van der Waals surface area contributed by atoms with Gasteiger partial charge in [0.05, 0.1) is 21.1 Å². The van der Waals surface area contributed by atoms with E-state index in [4.69, 9.17) is 4.89 Å². The van der Waals surface area contributed by atoms with Crippen LogP contribution in [0.3, 0.4) is 0 Å². The van der Waals surface area contributed by atoms with Crippen molar-refractivity contribution >= 4 is 5.97 Å². The molecule has 4 heteroatoms. The Morgan fingerprint density at radius 2 is 1.92 bits per heavy atom. The zero-order valence-corrected chi connectivity index (χ0v) is 8.79. The van der Waals surface area contributed by atoms with Gasteiger partial charge in [-0.25, -0.2) is 4.79 Å². The van der Waals surface area contributed by atoms with Crippen molar-refractivity contribution in [2.45, 2.75) is 6.92 Å². The van der Waals surface area contributed by atoms with Gasteiger partial charge in [0.1, 0.15) is 13.2 Å². The van der Waals surface area contributed by atoms with E-state index < -0.39 is 5.97 Å². The van der Waals surface area contributed by atoms with E-state index in [1.807, 2.05) is 21.1 Å². The van der Waals surface area contributed by atoms with Gasteiger partial charge in [0.2, 0.25) is 0 Å². The molecule has 0 saturated carbocycles. The molecule has 0 aromatic heterocycles. The third-order valence-corrected chi connectivity index (χ3v) is 1.33. The van der Waals surface area contributed by atoms with E-state index in [0.717, 1.165) is 11.0 Å². The summed E-state index contributed by atoms with van der Waals surface area (Å²) in [6.07, 6.45) is 0. The van der Waals surface area contributed by atoms with Gasteiger partial charge >= 0.3 is 5.97 Å². The van der Waals surface area contributed by atoms with Crippen LogP contribution < -0.4 is 0 Å².